The Morgan fingerprint density at radius 3 is 2.69 bits per heavy atom. The van der Waals surface area contributed by atoms with E-state index < -0.39 is 32.3 Å². The number of hydrogen-bond donors (Lipinski definition) is 1. The molecule has 0 aliphatic carbocycles. The summed E-state index contributed by atoms with van der Waals surface area (Å²) in [5, 5.41) is 10.8. The van der Waals surface area contributed by atoms with Crippen molar-refractivity contribution in [1.82, 2.24) is 4.72 Å². The van der Waals surface area contributed by atoms with Crippen molar-refractivity contribution in [2.24, 2.45) is 0 Å². The molecule has 0 bridgehead atoms. The van der Waals surface area contributed by atoms with Gasteiger partial charge in [-0.05, 0) is 48.2 Å². The van der Waals surface area contributed by atoms with Gasteiger partial charge in [0.2, 0.25) is 10.0 Å². The average molecular weight is 380 g/mol. The number of benzene rings is 2. The highest BCUT2D eigenvalue weighted by Crippen LogP contribution is 2.17. The molecule has 0 heterocycles. The molecule has 2 rings (SSSR count). The fourth-order valence-electron chi connectivity index (χ4n) is 2.25. The molecule has 2 aromatic rings. The minimum Gasteiger partial charge on any atom is -0.545 e. The summed E-state index contributed by atoms with van der Waals surface area (Å²) in [6, 6.07) is 9.72. The zero-order valence-corrected chi connectivity index (χ0v) is 15.0. The second-order valence-electron chi connectivity index (χ2n) is 5.58. The van der Waals surface area contributed by atoms with Crippen LogP contribution in [0.2, 0.25) is 0 Å². The maximum absolute atomic E-state index is 13.8. The molecule has 0 saturated heterocycles. The SMILES string of the molecule is CCCOc1cccc(CCNS(=O)(=O)c2cc(C(=O)[O-])ccc2F)c1. The van der Waals surface area contributed by atoms with Crippen molar-refractivity contribution in [3.63, 3.8) is 0 Å². The summed E-state index contributed by atoms with van der Waals surface area (Å²) in [6.07, 6.45) is 1.24. The number of aromatic carboxylic acids is 1. The van der Waals surface area contributed by atoms with E-state index >= 15 is 0 Å². The van der Waals surface area contributed by atoms with Crippen molar-refractivity contribution in [3.05, 3.63) is 59.4 Å². The van der Waals surface area contributed by atoms with Gasteiger partial charge in [-0.15, -0.1) is 0 Å². The predicted octanol–water partition coefficient (Wildman–Crippen LogP) is 1.50. The van der Waals surface area contributed by atoms with E-state index in [4.69, 9.17) is 4.74 Å². The topological polar surface area (TPSA) is 95.5 Å². The number of carbonyl (C=O) groups excluding carboxylic acids is 1. The Balaban J connectivity index is 2.05. The third-order valence-electron chi connectivity index (χ3n) is 3.53. The van der Waals surface area contributed by atoms with Gasteiger partial charge in [-0.2, -0.15) is 0 Å². The standard InChI is InChI=1S/C18H20FNO5S/c1-2-10-25-15-5-3-4-13(11-15)8-9-20-26(23,24)17-12-14(18(21)22)6-7-16(17)19/h3-7,11-12,20H,2,8-10H2,1H3,(H,21,22)/p-1. The van der Waals surface area contributed by atoms with E-state index in [2.05, 4.69) is 4.72 Å². The minimum absolute atomic E-state index is 0.0224. The molecule has 0 amide bonds. The van der Waals surface area contributed by atoms with Gasteiger partial charge >= 0.3 is 0 Å². The number of rotatable bonds is 9. The van der Waals surface area contributed by atoms with E-state index in [1.807, 2.05) is 19.1 Å². The van der Waals surface area contributed by atoms with Crippen LogP contribution < -0.4 is 14.6 Å². The van der Waals surface area contributed by atoms with E-state index in [9.17, 15) is 22.7 Å². The van der Waals surface area contributed by atoms with E-state index in [1.54, 1.807) is 12.1 Å². The van der Waals surface area contributed by atoms with Crippen LogP contribution in [0.1, 0.15) is 29.3 Å². The second kappa shape index (κ2) is 8.77. The van der Waals surface area contributed by atoms with Crippen LogP contribution in [0.4, 0.5) is 4.39 Å². The number of carboxylic acid groups (broad SMARTS) is 1. The molecule has 26 heavy (non-hydrogen) atoms. The fourth-order valence-corrected chi connectivity index (χ4v) is 3.39. The lowest BCUT2D eigenvalue weighted by molar-refractivity contribution is -0.255. The second-order valence-corrected chi connectivity index (χ2v) is 7.31. The highest BCUT2D eigenvalue weighted by atomic mass is 32.2. The van der Waals surface area contributed by atoms with Crippen molar-refractivity contribution in [3.8, 4) is 5.75 Å². The highest BCUT2D eigenvalue weighted by Gasteiger charge is 2.19. The molecule has 0 radical (unpaired) electrons. The number of nitrogens with one attached hydrogen (secondary N) is 1. The zero-order valence-electron chi connectivity index (χ0n) is 14.2. The maximum Gasteiger partial charge on any atom is 0.243 e. The van der Waals surface area contributed by atoms with Crippen LogP contribution in [-0.4, -0.2) is 27.5 Å². The van der Waals surface area contributed by atoms with Crippen molar-refractivity contribution < 1.29 is 27.4 Å². The normalized spacial score (nSPS) is 11.3. The molecular formula is C18H19FNO5S-. The quantitative estimate of drug-likeness (QED) is 0.711. The van der Waals surface area contributed by atoms with Gasteiger partial charge < -0.3 is 14.6 Å². The van der Waals surface area contributed by atoms with Crippen LogP contribution in [0.3, 0.4) is 0 Å². The van der Waals surface area contributed by atoms with E-state index in [-0.39, 0.29) is 6.54 Å². The third-order valence-corrected chi connectivity index (χ3v) is 5.01. The summed E-state index contributed by atoms with van der Waals surface area (Å²) in [6.45, 7) is 2.60. The first-order chi connectivity index (χ1) is 12.3. The Bertz CT molecular complexity index is 883. The average Bonchev–Trinajstić information content (AvgIpc) is 2.60. The first-order valence-corrected chi connectivity index (χ1v) is 9.54. The Morgan fingerprint density at radius 1 is 1.23 bits per heavy atom. The van der Waals surface area contributed by atoms with Gasteiger partial charge in [-0.25, -0.2) is 17.5 Å². The summed E-state index contributed by atoms with van der Waals surface area (Å²) in [7, 11) is -4.19. The summed E-state index contributed by atoms with van der Waals surface area (Å²) in [5.41, 5.74) is 0.442. The molecule has 2 aromatic carbocycles. The monoisotopic (exact) mass is 380 g/mol. The predicted molar refractivity (Wildman–Crippen MR) is 91.9 cm³/mol. The summed E-state index contributed by atoms with van der Waals surface area (Å²) in [4.78, 5) is 10.1. The van der Waals surface area contributed by atoms with Crippen molar-refractivity contribution >= 4 is 16.0 Å². The molecule has 0 aliphatic heterocycles. The molecule has 8 heteroatoms. The minimum atomic E-state index is -4.19. The Hall–Kier alpha value is -2.45. The van der Waals surface area contributed by atoms with Crippen LogP contribution in [0, 0.1) is 5.82 Å². The summed E-state index contributed by atoms with van der Waals surface area (Å²) < 4.78 is 46.1. The van der Waals surface area contributed by atoms with E-state index in [0.717, 1.165) is 30.2 Å². The molecule has 1 N–H and O–H groups in total. The van der Waals surface area contributed by atoms with E-state index in [0.29, 0.717) is 18.8 Å². The number of carbonyl (C=O) groups is 1. The van der Waals surface area contributed by atoms with Crippen molar-refractivity contribution in [1.29, 1.82) is 0 Å². The van der Waals surface area contributed by atoms with Crippen LogP contribution in [0.25, 0.3) is 0 Å². The molecule has 6 nitrogen and oxygen atoms in total. The number of carboxylic acids is 1. The molecule has 0 saturated carbocycles. The summed E-state index contributed by atoms with van der Waals surface area (Å²) >= 11 is 0. The smallest absolute Gasteiger partial charge is 0.243 e. The molecular weight excluding hydrogens is 361 g/mol. The number of sulfonamides is 1. The highest BCUT2D eigenvalue weighted by molar-refractivity contribution is 7.89. The number of halogens is 1. The lowest BCUT2D eigenvalue weighted by Crippen LogP contribution is -2.28. The molecule has 0 atom stereocenters. The van der Waals surface area contributed by atoms with Crippen LogP contribution in [0.5, 0.6) is 5.75 Å². The van der Waals surface area contributed by atoms with Crippen molar-refractivity contribution in [2.75, 3.05) is 13.2 Å². The lowest BCUT2D eigenvalue weighted by Gasteiger charge is -2.11. The van der Waals surface area contributed by atoms with Gasteiger partial charge in [-0.1, -0.05) is 25.1 Å². The Morgan fingerprint density at radius 2 is 2.00 bits per heavy atom. The Kier molecular flexibility index (Phi) is 6.70. The third kappa shape index (κ3) is 5.27. The van der Waals surface area contributed by atoms with Gasteiger partial charge in [0.05, 0.1) is 12.6 Å². The van der Waals surface area contributed by atoms with Gasteiger partial charge in [-0.3, -0.25) is 0 Å². The van der Waals surface area contributed by atoms with Crippen LogP contribution in [-0.2, 0) is 16.4 Å². The fraction of sp³-hybridized carbons (Fsp3) is 0.278. The van der Waals surface area contributed by atoms with Crippen LogP contribution in [0.15, 0.2) is 47.4 Å². The van der Waals surface area contributed by atoms with Gasteiger partial charge in [0, 0.05) is 6.54 Å². The molecule has 140 valence electrons. The first kappa shape index (κ1) is 19.9. The van der Waals surface area contributed by atoms with E-state index in [1.165, 1.54) is 0 Å². The maximum atomic E-state index is 13.8. The van der Waals surface area contributed by atoms with Gasteiger partial charge in [0.25, 0.3) is 0 Å². The first-order valence-electron chi connectivity index (χ1n) is 8.06. The molecule has 0 spiro atoms. The zero-order chi connectivity index (χ0) is 19.2. The molecule has 0 fully saturated rings. The van der Waals surface area contributed by atoms with Crippen molar-refractivity contribution in [2.45, 2.75) is 24.7 Å². The van der Waals surface area contributed by atoms with Crippen LogP contribution >= 0.6 is 0 Å². The number of ether oxygens (including phenoxy) is 1. The van der Waals surface area contributed by atoms with Gasteiger partial charge in [0.1, 0.15) is 16.5 Å². The largest absolute Gasteiger partial charge is 0.545 e. The molecule has 0 unspecified atom stereocenters. The molecule has 0 aliphatic rings. The lowest BCUT2D eigenvalue weighted by atomic mass is 10.1. The summed E-state index contributed by atoms with van der Waals surface area (Å²) in [5.74, 6) is -1.91. The molecule has 0 aromatic heterocycles. The van der Waals surface area contributed by atoms with Gasteiger partial charge in [0.15, 0.2) is 0 Å². The Labute approximate surface area is 151 Å². The number of hydrogen-bond acceptors (Lipinski definition) is 5.